The van der Waals surface area contributed by atoms with Crippen LogP contribution in [0.1, 0.15) is 32.1 Å². The minimum Gasteiger partial charge on any atom is -0.491 e. The minimum absolute atomic E-state index is 0.204. The highest BCUT2D eigenvalue weighted by Crippen LogP contribution is 2.20. The number of ether oxygens (including phenoxy) is 1. The predicted octanol–water partition coefficient (Wildman–Crippen LogP) is 1.69. The molecule has 0 atom stereocenters. The number of nitrogen functional groups attached to an aromatic ring is 1. The molecule has 2 aliphatic carbocycles. The van der Waals surface area contributed by atoms with Gasteiger partial charge in [-0.05, 0) is 37.3 Å². The van der Waals surface area contributed by atoms with Crippen LogP contribution in [0.3, 0.4) is 0 Å². The van der Waals surface area contributed by atoms with Crippen molar-refractivity contribution >= 4 is 27.3 Å². The third-order valence-corrected chi connectivity index (χ3v) is 4.75. The van der Waals surface area contributed by atoms with E-state index in [-0.39, 0.29) is 5.56 Å². The Bertz CT molecular complexity index is 834. The molecular weight excluding hydrogens is 356 g/mol. The molecular formula is C18H21BrN2O2. The van der Waals surface area contributed by atoms with Gasteiger partial charge in [0.2, 0.25) is 0 Å². The SMILES string of the molecule is Nn1c(=O)ccc2c1=C(OCC1=CC=CCC1)CCC=2CCBr. The Hall–Kier alpha value is -1.75. The summed E-state index contributed by atoms with van der Waals surface area (Å²) in [5.74, 6) is 6.84. The fourth-order valence-corrected chi connectivity index (χ4v) is 3.59. The van der Waals surface area contributed by atoms with Crippen LogP contribution in [0.2, 0.25) is 0 Å². The molecule has 23 heavy (non-hydrogen) atoms. The normalized spacial score (nSPS) is 17.0. The first-order valence-corrected chi connectivity index (χ1v) is 9.08. The van der Waals surface area contributed by atoms with Crippen LogP contribution >= 0.6 is 15.9 Å². The number of allylic oxidation sites excluding steroid dienone is 3. The van der Waals surface area contributed by atoms with Gasteiger partial charge in [0.05, 0.1) is 0 Å². The average Bonchev–Trinajstić information content (AvgIpc) is 2.58. The molecule has 0 radical (unpaired) electrons. The molecule has 3 rings (SSSR count). The van der Waals surface area contributed by atoms with Gasteiger partial charge in [-0.3, -0.25) is 4.79 Å². The van der Waals surface area contributed by atoms with E-state index >= 15 is 0 Å². The summed E-state index contributed by atoms with van der Waals surface area (Å²) in [6.45, 7) is 0.565. The molecule has 0 amide bonds. The van der Waals surface area contributed by atoms with Crippen molar-refractivity contribution in [1.82, 2.24) is 4.68 Å². The van der Waals surface area contributed by atoms with Crippen LogP contribution in [0, 0.1) is 0 Å². The number of alkyl halides is 1. The van der Waals surface area contributed by atoms with E-state index in [4.69, 9.17) is 10.6 Å². The van der Waals surface area contributed by atoms with Crippen LogP contribution < -0.4 is 22.0 Å². The van der Waals surface area contributed by atoms with E-state index in [1.54, 1.807) is 0 Å². The van der Waals surface area contributed by atoms with Gasteiger partial charge in [-0.25, -0.2) is 4.68 Å². The fourth-order valence-electron chi connectivity index (χ4n) is 3.11. The molecule has 1 aromatic rings. The summed E-state index contributed by atoms with van der Waals surface area (Å²) in [4.78, 5) is 11.9. The van der Waals surface area contributed by atoms with Gasteiger partial charge in [0.15, 0.2) is 0 Å². The lowest BCUT2D eigenvalue weighted by Crippen LogP contribution is -2.50. The lowest BCUT2D eigenvalue weighted by atomic mass is 9.98. The van der Waals surface area contributed by atoms with Gasteiger partial charge in [-0.2, -0.15) is 0 Å². The van der Waals surface area contributed by atoms with Crippen molar-refractivity contribution in [3.05, 3.63) is 56.9 Å². The van der Waals surface area contributed by atoms with E-state index in [0.717, 1.165) is 53.8 Å². The molecule has 122 valence electrons. The summed E-state index contributed by atoms with van der Waals surface area (Å²) in [6, 6.07) is 3.41. The summed E-state index contributed by atoms with van der Waals surface area (Å²) >= 11 is 3.50. The number of aromatic nitrogens is 1. The molecule has 0 saturated heterocycles. The summed E-state index contributed by atoms with van der Waals surface area (Å²) in [7, 11) is 0. The molecule has 0 aliphatic heterocycles. The lowest BCUT2D eigenvalue weighted by Gasteiger charge is -2.19. The summed E-state index contributed by atoms with van der Waals surface area (Å²) in [5, 5.41) is 2.69. The highest BCUT2D eigenvalue weighted by molar-refractivity contribution is 9.09. The molecule has 0 bridgehead atoms. The maximum Gasteiger partial charge on any atom is 0.269 e. The van der Waals surface area contributed by atoms with Crippen molar-refractivity contribution in [2.75, 3.05) is 17.8 Å². The molecule has 1 heterocycles. The number of fused-ring (bicyclic) bond motifs is 1. The molecule has 5 heteroatoms. The number of hydrogen-bond donors (Lipinski definition) is 1. The van der Waals surface area contributed by atoms with Crippen molar-refractivity contribution in [3.63, 3.8) is 0 Å². The topological polar surface area (TPSA) is 57.2 Å². The zero-order valence-corrected chi connectivity index (χ0v) is 14.6. The first-order chi connectivity index (χ1) is 11.2. The number of rotatable bonds is 5. The van der Waals surface area contributed by atoms with E-state index < -0.39 is 0 Å². The maximum absolute atomic E-state index is 11.9. The third-order valence-electron chi connectivity index (χ3n) is 4.35. The minimum atomic E-state index is -0.204. The van der Waals surface area contributed by atoms with Crippen LogP contribution in [-0.4, -0.2) is 16.6 Å². The summed E-state index contributed by atoms with van der Waals surface area (Å²) < 4.78 is 7.29. The summed E-state index contributed by atoms with van der Waals surface area (Å²) in [5.41, 5.74) is 2.40. The molecule has 2 aliphatic rings. The molecule has 1 aromatic heterocycles. The number of nitrogens with two attached hydrogens (primary N) is 1. The molecule has 0 aromatic carbocycles. The van der Waals surface area contributed by atoms with E-state index in [9.17, 15) is 4.79 Å². The summed E-state index contributed by atoms with van der Waals surface area (Å²) in [6.07, 6.45) is 11.1. The molecule has 0 spiro atoms. The molecule has 0 unspecified atom stereocenters. The Balaban J connectivity index is 2.04. The maximum atomic E-state index is 11.9. The molecule has 4 nitrogen and oxygen atoms in total. The number of halogens is 1. The molecule has 0 saturated carbocycles. The fraction of sp³-hybridized carbons (Fsp3) is 0.389. The number of hydrogen-bond acceptors (Lipinski definition) is 3. The third kappa shape index (κ3) is 3.44. The highest BCUT2D eigenvalue weighted by atomic mass is 79.9. The van der Waals surface area contributed by atoms with Crippen LogP contribution in [0.5, 0.6) is 0 Å². The van der Waals surface area contributed by atoms with Crippen molar-refractivity contribution in [1.29, 1.82) is 0 Å². The lowest BCUT2D eigenvalue weighted by molar-refractivity contribution is 0.285. The van der Waals surface area contributed by atoms with Gasteiger partial charge in [-0.1, -0.05) is 39.7 Å². The zero-order chi connectivity index (χ0) is 16.2. The quantitative estimate of drug-likeness (QED) is 0.628. The van der Waals surface area contributed by atoms with E-state index in [0.29, 0.717) is 6.61 Å². The molecule has 2 N–H and O–H groups in total. The average molecular weight is 377 g/mol. The van der Waals surface area contributed by atoms with Crippen molar-refractivity contribution in [2.24, 2.45) is 0 Å². The smallest absolute Gasteiger partial charge is 0.269 e. The van der Waals surface area contributed by atoms with E-state index in [1.165, 1.54) is 21.9 Å². The van der Waals surface area contributed by atoms with Gasteiger partial charge in [-0.15, -0.1) is 0 Å². The monoisotopic (exact) mass is 376 g/mol. The number of nitrogens with zero attached hydrogens (tertiary/aromatic N) is 1. The second-order valence-electron chi connectivity index (χ2n) is 5.85. The predicted molar refractivity (Wildman–Crippen MR) is 97.0 cm³/mol. The largest absolute Gasteiger partial charge is 0.491 e. The Morgan fingerprint density at radius 1 is 1.26 bits per heavy atom. The van der Waals surface area contributed by atoms with Gasteiger partial charge in [0.25, 0.3) is 5.56 Å². The Morgan fingerprint density at radius 2 is 2.13 bits per heavy atom. The zero-order valence-electron chi connectivity index (χ0n) is 13.1. The van der Waals surface area contributed by atoms with Gasteiger partial charge < -0.3 is 10.6 Å². The van der Waals surface area contributed by atoms with Gasteiger partial charge in [0.1, 0.15) is 17.7 Å². The Labute approximate surface area is 143 Å². The van der Waals surface area contributed by atoms with Crippen LogP contribution in [0.15, 0.2) is 40.7 Å². The van der Waals surface area contributed by atoms with Crippen molar-refractivity contribution in [3.8, 4) is 0 Å². The Morgan fingerprint density at radius 3 is 2.87 bits per heavy atom. The first-order valence-electron chi connectivity index (χ1n) is 7.96. The van der Waals surface area contributed by atoms with Crippen molar-refractivity contribution in [2.45, 2.75) is 32.1 Å². The Kier molecular flexibility index (Phi) is 5.06. The van der Waals surface area contributed by atoms with Crippen molar-refractivity contribution < 1.29 is 4.74 Å². The second-order valence-corrected chi connectivity index (χ2v) is 6.64. The van der Waals surface area contributed by atoms with Crippen LogP contribution in [0.4, 0.5) is 0 Å². The molecule has 0 fully saturated rings. The number of pyridine rings is 1. The first kappa shape index (κ1) is 16.1. The van der Waals surface area contributed by atoms with Crippen LogP contribution in [0.25, 0.3) is 11.3 Å². The van der Waals surface area contributed by atoms with E-state index in [1.807, 2.05) is 6.07 Å². The van der Waals surface area contributed by atoms with Crippen LogP contribution in [-0.2, 0) is 4.74 Å². The van der Waals surface area contributed by atoms with Gasteiger partial charge >= 0.3 is 0 Å². The second kappa shape index (κ2) is 7.21. The standard InChI is InChI=1S/C18H21BrN2O2/c19-11-10-14-6-8-16(23-12-13-4-2-1-3-5-13)18-15(14)7-9-17(22)21(18)20/h1-2,4,7,9H,3,5-6,8,10-12,20H2. The van der Waals surface area contributed by atoms with Gasteiger partial charge in [0, 0.05) is 23.0 Å². The van der Waals surface area contributed by atoms with E-state index in [2.05, 4.69) is 34.2 Å². The highest BCUT2D eigenvalue weighted by Gasteiger charge is 2.15.